The minimum absolute atomic E-state index is 0.958. The van der Waals surface area contributed by atoms with Crippen LogP contribution in [0.2, 0.25) is 0 Å². The quantitative estimate of drug-likeness (QED) is 0.491. The highest BCUT2D eigenvalue weighted by atomic mass is 15.0. The summed E-state index contributed by atoms with van der Waals surface area (Å²) in [5, 5.41) is 4.91. The Bertz CT molecular complexity index is 1380. The Hall–Kier alpha value is -3.39. The van der Waals surface area contributed by atoms with Gasteiger partial charge in [-0.2, -0.15) is 0 Å². The highest BCUT2D eigenvalue weighted by Gasteiger charge is 2.17. The lowest BCUT2D eigenvalue weighted by atomic mass is 10.0. The zero-order valence-electron chi connectivity index (χ0n) is 14.2. The van der Waals surface area contributed by atoms with Crippen LogP contribution in [0.25, 0.3) is 33.1 Å². The molecule has 1 aliphatic carbocycles. The van der Waals surface area contributed by atoms with Crippen molar-refractivity contribution in [2.24, 2.45) is 4.99 Å². The molecular formula is C24H16N2. The van der Waals surface area contributed by atoms with Gasteiger partial charge in [0.1, 0.15) is 0 Å². The standard InChI is InChI=1S/C24H16N2/c1-2-8-16(9-3-1)26-23-13-7-5-11-18(23)20-14-22-19(15-24(20)26)17-10-4-6-12-21(17)25-22/h1-9,11-15H,10H2. The first-order valence-electron chi connectivity index (χ1n) is 8.98. The number of para-hydroxylation sites is 2. The maximum atomic E-state index is 4.88. The van der Waals surface area contributed by atoms with Crippen LogP contribution in [-0.2, 0) is 0 Å². The molecule has 0 radical (unpaired) electrons. The SMILES string of the molecule is C1=CCC2=c3cc4c(cc3=NC2=C1)c1ccccc1n4-c1ccccc1. The first-order valence-corrected chi connectivity index (χ1v) is 8.98. The zero-order chi connectivity index (χ0) is 17.1. The molecule has 0 spiro atoms. The minimum Gasteiger partial charge on any atom is -0.309 e. The summed E-state index contributed by atoms with van der Waals surface area (Å²) in [6.07, 6.45) is 7.39. The molecule has 2 heteroatoms. The summed E-state index contributed by atoms with van der Waals surface area (Å²) >= 11 is 0. The van der Waals surface area contributed by atoms with Gasteiger partial charge in [0.25, 0.3) is 0 Å². The molecule has 2 heterocycles. The zero-order valence-corrected chi connectivity index (χ0v) is 14.2. The van der Waals surface area contributed by atoms with Crippen molar-refractivity contribution in [1.82, 2.24) is 4.57 Å². The smallest absolute Gasteiger partial charge is 0.0720 e. The second kappa shape index (κ2) is 5.06. The number of allylic oxidation sites excluding steroid dienone is 4. The van der Waals surface area contributed by atoms with E-state index in [-0.39, 0.29) is 0 Å². The van der Waals surface area contributed by atoms with Crippen molar-refractivity contribution >= 4 is 27.4 Å². The van der Waals surface area contributed by atoms with Gasteiger partial charge in [-0.05, 0) is 48.4 Å². The molecule has 0 saturated heterocycles. The minimum atomic E-state index is 0.958. The Morgan fingerprint density at radius 3 is 2.58 bits per heavy atom. The van der Waals surface area contributed by atoms with Crippen LogP contribution < -0.4 is 10.6 Å². The Balaban J connectivity index is 1.83. The molecule has 26 heavy (non-hydrogen) atoms. The van der Waals surface area contributed by atoms with Crippen LogP contribution in [-0.4, -0.2) is 4.57 Å². The van der Waals surface area contributed by atoms with Crippen LogP contribution in [0.3, 0.4) is 0 Å². The third kappa shape index (κ3) is 1.79. The third-order valence-electron chi connectivity index (χ3n) is 5.39. The highest BCUT2D eigenvalue weighted by molar-refractivity contribution is 6.09. The van der Waals surface area contributed by atoms with Crippen molar-refractivity contribution in [2.75, 3.05) is 0 Å². The van der Waals surface area contributed by atoms with E-state index >= 15 is 0 Å². The van der Waals surface area contributed by atoms with Gasteiger partial charge in [0.2, 0.25) is 0 Å². The molecule has 0 amide bonds. The Kier molecular flexibility index (Phi) is 2.69. The van der Waals surface area contributed by atoms with E-state index in [1.54, 1.807) is 0 Å². The van der Waals surface area contributed by atoms with Crippen LogP contribution in [0.1, 0.15) is 6.42 Å². The van der Waals surface area contributed by atoms with Crippen molar-refractivity contribution in [3.63, 3.8) is 0 Å². The molecule has 1 aliphatic heterocycles. The number of aromatic nitrogens is 1. The molecule has 0 bridgehead atoms. The molecule has 122 valence electrons. The van der Waals surface area contributed by atoms with Gasteiger partial charge < -0.3 is 4.57 Å². The lowest BCUT2D eigenvalue weighted by Gasteiger charge is -2.07. The molecule has 2 nitrogen and oxygen atoms in total. The van der Waals surface area contributed by atoms with Gasteiger partial charge >= 0.3 is 0 Å². The van der Waals surface area contributed by atoms with E-state index in [4.69, 9.17) is 4.99 Å². The first-order chi connectivity index (χ1) is 12.9. The first kappa shape index (κ1) is 13.9. The molecule has 2 aliphatic rings. The van der Waals surface area contributed by atoms with Gasteiger partial charge in [-0.1, -0.05) is 48.6 Å². The van der Waals surface area contributed by atoms with Crippen LogP contribution in [0.15, 0.2) is 95.6 Å². The second-order valence-electron chi connectivity index (χ2n) is 6.85. The Morgan fingerprint density at radius 1 is 0.808 bits per heavy atom. The van der Waals surface area contributed by atoms with E-state index in [9.17, 15) is 0 Å². The number of hydrogen-bond acceptors (Lipinski definition) is 1. The van der Waals surface area contributed by atoms with E-state index in [2.05, 4.69) is 89.5 Å². The summed E-state index contributed by atoms with van der Waals surface area (Å²) in [7, 11) is 0. The largest absolute Gasteiger partial charge is 0.309 e. The molecule has 0 atom stereocenters. The van der Waals surface area contributed by atoms with Crippen molar-refractivity contribution in [1.29, 1.82) is 0 Å². The molecular weight excluding hydrogens is 316 g/mol. The molecule has 4 aromatic rings. The Labute approximate surface area is 150 Å². The van der Waals surface area contributed by atoms with Crippen LogP contribution in [0.4, 0.5) is 0 Å². The fraction of sp³-hybridized carbons (Fsp3) is 0.0417. The summed E-state index contributed by atoms with van der Waals surface area (Å²) in [5.74, 6) is 0. The summed E-state index contributed by atoms with van der Waals surface area (Å²) in [6.45, 7) is 0. The number of benzene rings is 3. The molecule has 0 fully saturated rings. The van der Waals surface area contributed by atoms with Crippen LogP contribution in [0.5, 0.6) is 0 Å². The predicted octanol–water partition coefficient (Wildman–Crippen LogP) is 4.41. The van der Waals surface area contributed by atoms with Gasteiger partial charge in [0.15, 0.2) is 0 Å². The average molecular weight is 332 g/mol. The maximum Gasteiger partial charge on any atom is 0.0720 e. The van der Waals surface area contributed by atoms with Crippen molar-refractivity contribution < 1.29 is 0 Å². The highest BCUT2D eigenvalue weighted by Crippen LogP contribution is 2.31. The molecule has 0 N–H and O–H groups in total. The number of rotatable bonds is 1. The van der Waals surface area contributed by atoms with Gasteiger partial charge in [-0.3, -0.25) is 0 Å². The lowest BCUT2D eigenvalue weighted by molar-refractivity contribution is 1.18. The third-order valence-corrected chi connectivity index (χ3v) is 5.39. The fourth-order valence-corrected chi connectivity index (χ4v) is 4.23. The normalized spacial score (nSPS) is 15.1. The van der Waals surface area contributed by atoms with Crippen LogP contribution in [0, 0.1) is 0 Å². The number of fused-ring (bicyclic) bond motifs is 5. The van der Waals surface area contributed by atoms with E-state index < -0.39 is 0 Å². The van der Waals surface area contributed by atoms with Gasteiger partial charge in [-0.15, -0.1) is 0 Å². The summed E-state index contributed by atoms with van der Waals surface area (Å²) in [4.78, 5) is 4.88. The monoisotopic (exact) mass is 332 g/mol. The maximum absolute atomic E-state index is 4.88. The van der Waals surface area contributed by atoms with E-state index in [1.165, 1.54) is 38.3 Å². The number of hydrogen-bond donors (Lipinski definition) is 0. The summed E-state index contributed by atoms with van der Waals surface area (Å²) < 4.78 is 2.37. The van der Waals surface area contributed by atoms with Gasteiger partial charge in [0.05, 0.1) is 22.1 Å². The van der Waals surface area contributed by atoms with E-state index in [1.807, 2.05) is 0 Å². The fourth-order valence-electron chi connectivity index (χ4n) is 4.23. The van der Waals surface area contributed by atoms with Gasteiger partial charge in [0, 0.05) is 21.7 Å². The van der Waals surface area contributed by atoms with Crippen molar-refractivity contribution in [3.05, 3.63) is 101 Å². The molecule has 6 rings (SSSR count). The molecule has 3 aromatic carbocycles. The Morgan fingerprint density at radius 2 is 1.65 bits per heavy atom. The average Bonchev–Trinajstić information content (AvgIpc) is 3.22. The molecule has 0 saturated carbocycles. The van der Waals surface area contributed by atoms with Crippen LogP contribution >= 0.6 is 0 Å². The lowest BCUT2D eigenvalue weighted by Crippen LogP contribution is -2.23. The number of nitrogens with zero attached hydrogens (tertiary/aromatic N) is 2. The van der Waals surface area contributed by atoms with E-state index in [0.717, 1.165) is 17.5 Å². The van der Waals surface area contributed by atoms with Crippen molar-refractivity contribution in [3.8, 4) is 5.69 Å². The predicted molar refractivity (Wildman–Crippen MR) is 107 cm³/mol. The topological polar surface area (TPSA) is 17.3 Å². The van der Waals surface area contributed by atoms with Gasteiger partial charge in [-0.25, -0.2) is 4.99 Å². The second-order valence-corrected chi connectivity index (χ2v) is 6.85. The molecule has 1 aromatic heterocycles. The summed E-state index contributed by atoms with van der Waals surface area (Å²) in [6, 6.07) is 23.8. The van der Waals surface area contributed by atoms with E-state index in [0.29, 0.717) is 0 Å². The van der Waals surface area contributed by atoms with Crippen molar-refractivity contribution in [2.45, 2.75) is 6.42 Å². The summed E-state index contributed by atoms with van der Waals surface area (Å²) in [5.41, 5.74) is 6.13. The molecule has 0 unspecified atom stereocenters.